The Labute approximate surface area is 192 Å². The lowest BCUT2D eigenvalue weighted by atomic mass is 10.1. The molecule has 3 rings (SSSR count). The fourth-order valence-corrected chi connectivity index (χ4v) is 3.25. The van der Waals surface area contributed by atoms with Crippen LogP contribution in [-0.2, 0) is 14.3 Å². The van der Waals surface area contributed by atoms with Gasteiger partial charge >= 0.3 is 5.97 Å². The third-order valence-corrected chi connectivity index (χ3v) is 4.98. The number of ether oxygens (including phenoxy) is 1. The number of benzene rings is 2. The van der Waals surface area contributed by atoms with E-state index < -0.39 is 24.4 Å². The van der Waals surface area contributed by atoms with Gasteiger partial charge in [0.1, 0.15) is 0 Å². The second-order valence-corrected chi connectivity index (χ2v) is 7.08. The Morgan fingerprint density at radius 2 is 1.70 bits per heavy atom. The van der Waals surface area contributed by atoms with Gasteiger partial charge in [0.2, 0.25) is 0 Å². The number of fused-ring (bicyclic) bond motifs is 1. The number of para-hydroxylation sites is 1. The molecule has 0 fully saturated rings. The molecule has 0 unspecified atom stereocenters. The molecule has 0 spiro atoms. The summed E-state index contributed by atoms with van der Waals surface area (Å²) in [6.45, 7) is 5.32. The largest absolute Gasteiger partial charge is 0.452 e. The van der Waals surface area contributed by atoms with Gasteiger partial charge in [0, 0.05) is 47.6 Å². The molecule has 1 aromatic heterocycles. The minimum Gasteiger partial charge on any atom is -0.452 e. The van der Waals surface area contributed by atoms with Crippen LogP contribution in [0.3, 0.4) is 0 Å². The SMILES string of the molecule is CCN(CC)c1ccc(C(=O)NNC(=O)COC(=O)/C=C/c2cccc3cccnc23)cc1. The summed E-state index contributed by atoms with van der Waals surface area (Å²) >= 11 is 0. The van der Waals surface area contributed by atoms with E-state index in [4.69, 9.17) is 4.74 Å². The molecule has 2 aromatic carbocycles. The van der Waals surface area contributed by atoms with E-state index in [1.807, 2.05) is 42.5 Å². The van der Waals surface area contributed by atoms with E-state index in [9.17, 15) is 14.4 Å². The van der Waals surface area contributed by atoms with Crippen molar-refractivity contribution < 1.29 is 19.1 Å². The predicted molar refractivity (Wildman–Crippen MR) is 127 cm³/mol. The molecule has 8 heteroatoms. The van der Waals surface area contributed by atoms with Crippen LogP contribution in [0.15, 0.2) is 66.9 Å². The molecular formula is C25H26N4O4. The summed E-state index contributed by atoms with van der Waals surface area (Å²) in [6.07, 6.45) is 4.49. The van der Waals surface area contributed by atoms with Crippen molar-refractivity contribution in [1.82, 2.24) is 15.8 Å². The zero-order valence-corrected chi connectivity index (χ0v) is 18.6. The molecule has 0 aliphatic rings. The van der Waals surface area contributed by atoms with E-state index in [0.717, 1.165) is 35.2 Å². The average Bonchev–Trinajstić information content (AvgIpc) is 2.85. The predicted octanol–water partition coefficient (Wildman–Crippen LogP) is 3.10. The smallest absolute Gasteiger partial charge is 0.331 e. The topological polar surface area (TPSA) is 101 Å². The standard InChI is InChI=1S/C25H26N4O4/c1-3-29(4-2)21-13-10-20(11-14-21)25(32)28-27-22(30)17-33-23(31)15-12-19-8-5-7-18-9-6-16-26-24(18)19/h5-16H,3-4,17H2,1-2H3,(H,27,30)(H,28,32)/b15-12+. The van der Waals surface area contributed by atoms with Gasteiger partial charge in [0.05, 0.1) is 5.52 Å². The number of amides is 2. The van der Waals surface area contributed by atoms with Gasteiger partial charge in [-0.15, -0.1) is 0 Å². The van der Waals surface area contributed by atoms with Crippen molar-refractivity contribution in [3.63, 3.8) is 0 Å². The number of rotatable bonds is 8. The van der Waals surface area contributed by atoms with Gasteiger partial charge in [-0.3, -0.25) is 25.4 Å². The number of hydrazine groups is 1. The third kappa shape index (κ3) is 6.39. The molecule has 2 amide bonds. The van der Waals surface area contributed by atoms with Crippen LogP contribution in [0, 0.1) is 0 Å². The molecule has 8 nitrogen and oxygen atoms in total. The van der Waals surface area contributed by atoms with Crippen LogP contribution in [0.4, 0.5) is 5.69 Å². The van der Waals surface area contributed by atoms with Gasteiger partial charge < -0.3 is 9.64 Å². The van der Waals surface area contributed by atoms with Crippen molar-refractivity contribution in [2.45, 2.75) is 13.8 Å². The molecule has 0 aliphatic heterocycles. The van der Waals surface area contributed by atoms with Gasteiger partial charge in [0.25, 0.3) is 11.8 Å². The highest BCUT2D eigenvalue weighted by Crippen LogP contribution is 2.17. The number of hydrogen-bond acceptors (Lipinski definition) is 6. The van der Waals surface area contributed by atoms with Crippen molar-refractivity contribution in [1.29, 1.82) is 0 Å². The van der Waals surface area contributed by atoms with Crippen LogP contribution in [0.25, 0.3) is 17.0 Å². The molecule has 3 aromatic rings. The Hall–Kier alpha value is -4.20. The number of nitrogens with one attached hydrogen (secondary N) is 2. The summed E-state index contributed by atoms with van der Waals surface area (Å²) in [5.74, 6) is -1.81. The van der Waals surface area contributed by atoms with Crippen molar-refractivity contribution in [3.05, 3.63) is 78.0 Å². The maximum absolute atomic E-state index is 12.2. The van der Waals surface area contributed by atoms with E-state index in [1.54, 1.807) is 24.4 Å². The fourth-order valence-electron chi connectivity index (χ4n) is 3.25. The average molecular weight is 447 g/mol. The van der Waals surface area contributed by atoms with Crippen LogP contribution in [0.1, 0.15) is 29.8 Å². The quantitative estimate of drug-likeness (QED) is 0.313. The first-order valence-electron chi connectivity index (χ1n) is 10.6. The zero-order valence-electron chi connectivity index (χ0n) is 18.6. The van der Waals surface area contributed by atoms with E-state index in [1.165, 1.54) is 6.08 Å². The number of anilines is 1. The van der Waals surface area contributed by atoms with Gasteiger partial charge in [-0.25, -0.2) is 4.79 Å². The summed E-state index contributed by atoms with van der Waals surface area (Å²) in [4.78, 5) is 42.5. The van der Waals surface area contributed by atoms with E-state index in [2.05, 4.69) is 34.6 Å². The number of nitrogens with zero attached hydrogens (tertiary/aromatic N) is 2. The lowest BCUT2D eigenvalue weighted by Gasteiger charge is -2.21. The summed E-state index contributed by atoms with van der Waals surface area (Å²) < 4.78 is 4.93. The maximum Gasteiger partial charge on any atom is 0.331 e. The first-order valence-corrected chi connectivity index (χ1v) is 10.6. The monoisotopic (exact) mass is 446 g/mol. The van der Waals surface area contributed by atoms with Crippen molar-refractivity contribution in [2.75, 3.05) is 24.6 Å². The van der Waals surface area contributed by atoms with Crippen molar-refractivity contribution in [2.24, 2.45) is 0 Å². The molecule has 0 saturated carbocycles. The van der Waals surface area contributed by atoms with Crippen LogP contribution >= 0.6 is 0 Å². The van der Waals surface area contributed by atoms with E-state index in [-0.39, 0.29) is 0 Å². The maximum atomic E-state index is 12.2. The highest BCUT2D eigenvalue weighted by Gasteiger charge is 2.10. The van der Waals surface area contributed by atoms with Crippen LogP contribution in [0.5, 0.6) is 0 Å². The van der Waals surface area contributed by atoms with Crippen molar-refractivity contribution >= 4 is 40.4 Å². The number of carbonyl (C=O) groups is 3. The van der Waals surface area contributed by atoms with E-state index in [0.29, 0.717) is 5.56 Å². The Balaban J connectivity index is 1.45. The molecule has 0 aliphatic carbocycles. The van der Waals surface area contributed by atoms with Crippen molar-refractivity contribution in [3.8, 4) is 0 Å². The lowest BCUT2D eigenvalue weighted by Crippen LogP contribution is -2.43. The van der Waals surface area contributed by atoms with Crippen LogP contribution < -0.4 is 15.8 Å². The normalized spacial score (nSPS) is 10.7. The summed E-state index contributed by atoms with van der Waals surface area (Å²) in [6, 6.07) is 16.4. The first kappa shape index (κ1) is 23.5. The number of carbonyl (C=O) groups excluding carboxylic acids is 3. The van der Waals surface area contributed by atoms with Gasteiger partial charge in [-0.05, 0) is 50.3 Å². The van der Waals surface area contributed by atoms with Gasteiger partial charge in [-0.2, -0.15) is 0 Å². The first-order chi connectivity index (χ1) is 16.0. The molecule has 2 N–H and O–H groups in total. The minimum atomic E-state index is -0.684. The van der Waals surface area contributed by atoms with Gasteiger partial charge in [-0.1, -0.05) is 24.3 Å². The summed E-state index contributed by atoms with van der Waals surface area (Å²) in [7, 11) is 0. The highest BCUT2D eigenvalue weighted by molar-refractivity contribution is 5.96. The minimum absolute atomic E-state index is 0.398. The number of pyridine rings is 1. The molecule has 0 bridgehead atoms. The number of esters is 1. The van der Waals surface area contributed by atoms with E-state index >= 15 is 0 Å². The molecule has 0 saturated heterocycles. The van der Waals surface area contributed by atoms with Crippen LogP contribution in [-0.4, -0.2) is 42.5 Å². The Morgan fingerprint density at radius 1 is 0.970 bits per heavy atom. The second-order valence-electron chi connectivity index (χ2n) is 7.08. The van der Waals surface area contributed by atoms with Crippen LogP contribution in [0.2, 0.25) is 0 Å². The molecule has 1 heterocycles. The zero-order chi connectivity index (χ0) is 23.6. The number of hydrogen-bond donors (Lipinski definition) is 2. The third-order valence-electron chi connectivity index (χ3n) is 4.98. The summed E-state index contributed by atoms with van der Waals surface area (Å²) in [5.41, 5.74) is 7.47. The molecular weight excluding hydrogens is 420 g/mol. The summed E-state index contributed by atoms with van der Waals surface area (Å²) in [5, 5.41) is 0.950. The molecule has 0 radical (unpaired) electrons. The second kappa shape index (κ2) is 11.4. The van der Waals surface area contributed by atoms with Gasteiger partial charge in [0.15, 0.2) is 6.61 Å². The Kier molecular flexibility index (Phi) is 8.13. The lowest BCUT2D eigenvalue weighted by molar-refractivity contribution is -0.144. The molecule has 170 valence electrons. The highest BCUT2D eigenvalue weighted by atomic mass is 16.5. The number of aromatic nitrogens is 1. The molecule has 33 heavy (non-hydrogen) atoms. The Morgan fingerprint density at radius 3 is 2.42 bits per heavy atom. The fraction of sp³-hybridized carbons (Fsp3) is 0.200. The molecule has 0 atom stereocenters. The Bertz CT molecular complexity index is 1150.